The maximum absolute atomic E-state index is 11.7. The van der Waals surface area contributed by atoms with Crippen molar-refractivity contribution in [3.63, 3.8) is 0 Å². The lowest BCUT2D eigenvalue weighted by Gasteiger charge is -2.07. The van der Waals surface area contributed by atoms with Gasteiger partial charge in [-0.3, -0.25) is 9.78 Å². The topological polar surface area (TPSA) is 51.2 Å². The fraction of sp³-hybridized carbons (Fsp3) is 0.100. The van der Waals surface area contributed by atoms with Gasteiger partial charge in [0.2, 0.25) is 5.91 Å². The van der Waals surface area contributed by atoms with Crippen LogP contribution in [-0.4, -0.2) is 24.0 Å². The van der Waals surface area contributed by atoms with Crippen LogP contribution in [-0.2, 0) is 4.79 Å². The van der Waals surface area contributed by atoms with E-state index in [1.54, 1.807) is 18.5 Å². The molecule has 0 atom stereocenters. The highest BCUT2D eigenvalue weighted by molar-refractivity contribution is 5.91. The number of rotatable bonds is 6. The van der Waals surface area contributed by atoms with Gasteiger partial charge >= 0.3 is 0 Å². The van der Waals surface area contributed by atoms with Gasteiger partial charge in [-0.2, -0.15) is 0 Å². The van der Waals surface area contributed by atoms with Crippen molar-refractivity contribution in [2.24, 2.45) is 0 Å². The Morgan fingerprint density at radius 2 is 1.83 bits per heavy atom. The number of hydrogen-bond acceptors (Lipinski definition) is 3. The van der Waals surface area contributed by atoms with Crippen molar-refractivity contribution in [1.29, 1.82) is 0 Å². The van der Waals surface area contributed by atoms with Crippen LogP contribution in [0.3, 0.4) is 0 Å². The third kappa shape index (κ3) is 4.43. The number of carbonyl (C=O) groups excluding carboxylic acids is 1. The number of ether oxygens (including phenoxy) is 1. The zero-order valence-electron chi connectivity index (χ0n) is 13.2. The molecule has 24 heavy (non-hydrogen) atoms. The van der Waals surface area contributed by atoms with Crippen molar-refractivity contribution >= 4 is 22.8 Å². The summed E-state index contributed by atoms with van der Waals surface area (Å²) >= 11 is 0. The van der Waals surface area contributed by atoms with Crippen LogP contribution < -0.4 is 10.1 Å². The minimum absolute atomic E-state index is 0.145. The average molecular weight is 318 g/mol. The van der Waals surface area contributed by atoms with Gasteiger partial charge in [-0.1, -0.05) is 30.3 Å². The number of hydrogen-bond donors (Lipinski definition) is 1. The molecule has 0 bridgehead atoms. The fourth-order valence-electron chi connectivity index (χ4n) is 2.31. The Morgan fingerprint density at radius 3 is 2.67 bits per heavy atom. The highest BCUT2D eigenvalue weighted by atomic mass is 16.5. The van der Waals surface area contributed by atoms with E-state index in [4.69, 9.17) is 4.74 Å². The van der Waals surface area contributed by atoms with Gasteiger partial charge in [0.1, 0.15) is 12.4 Å². The molecule has 0 aliphatic rings. The van der Waals surface area contributed by atoms with Gasteiger partial charge in [-0.15, -0.1) is 0 Å². The number of benzene rings is 2. The second-order valence-corrected chi connectivity index (χ2v) is 5.26. The van der Waals surface area contributed by atoms with Crippen LogP contribution in [0.5, 0.6) is 5.75 Å². The van der Waals surface area contributed by atoms with E-state index < -0.39 is 0 Å². The van der Waals surface area contributed by atoms with Gasteiger partial charge in [-0.25, -0.2) is 0 Å². The molecule has 0 spiro atoms. The van der Waals surface area contributed by atoms with Crippen molar-refractivity contribution < 1.29 is 9.53 Å². The van der Waals surface area contributed by atoms with E-state index in [1.807, 2.05) is 48.5 Å². The molecule has 4 heteroatoms. The zero-order valence-corrected chi connectivity index (χ0v) is 13.2. The third-order valence-electron chi connectivity index (χ3n) is 3.52. The van der Waals surface area contributed by atoms with Crippen molar-refractivity contribution in [1.82, 2.24) is 10.3 Å². The zero-order chi connectivity index (χ0) is 16.6. The first kappa shape index (κ1) is 15.7. The van der Waals surface area contributed by atoms with Gasteiger partial charge in [0, 0.05) is 18.5 Å². The quantitative estimate of drug-likeness (QED) is 0.559. The lowest BCUT2D eigenvalue weighted by Crippen LogP contribution is -2.26. The number of pyridine rings is 1. The van der Waals surface area contributed by atoms with E-state index in [1.165, 1.54) is 11.5 Å². The molecule has 1 N–H and O–H groups in total. The van der Waals surface area contributed by atoms with Gasteiger partial charge < -0.3 is 10.1 Å². The average Bonchev–Trinajstić information content (AvgIpc) is 2.64. The second kappa shape index (κ2) is 7.92. The summed E-state index contributed by atoms with van der Waals surface area (Å²) in [7, 11) is 0. The Morgan fingerprint density at radius 1 is 1.04 bits per heavy atom. The minimum Gasteiger partial charge on any atom is -0.492 e. The van der Waals surface area contributed by atoms with Crippen LogP contribution in [0.4, 0.5) is 0 Å². The minimum atomic E-state index is -0.145. The SMILES string of the molecule is O=C(/C=C/c1ccncc1)NCCOc1ccc2ccccc2c1. The van der Waals surface area contributed by atoms with Crippen LogP contribution in [0.1, 0.15) is 5.56 Å². The molecule has 0 aliphatic carbocycles. The predicted molar refractivity (Wildman–Crippen MR) is 95.7 cm³/mol. The van der Waals surface area contributed by atoms with Crippen molar-refractivity contribution in [3.8, 4) is 5.75 Å². The molecule has 120 valence electrons. The third-order valence-corrected chi connectivity index (χ3v) is 3.52. The second-order valence-electron chi connectivity index (χ2n) is 5.26. The first-order valence-corrected chi connectivity index (χ1v) is 7.79. The Labute approximate surface area is 140 Å². The molecule has 2 aromatic carbocycles. The van der Waals surface area contributed by atoms with Crippen LogP contribution in [0.25, 0.3) is 16.8 Å². The van der Waals surface area contributed by atoms with Gasteiger partial charge in [0.05, 0.1) is 6.54 Å². The number of nitrogens with zero attached hydrogens (tertiary/aromatic N) is 1. The Kier molecular flexibility index (Phi) is 5.20. The summed E-state index contributed by atoms with van der Waals surface area (Å²) in [5.74, 6) is 0.657. The van der Waals surface area contributed by atoms with Gasteiger partial charge in [0.15, 0.2) is 0 Å². The maximum atomic E-state index is 11.7. The summed E-state index contributed by atoms with van der Waals surface area (Å²) in [6.45, 7) is 0.875. The molecular weight excluding hydrogens is 300 g/mol. The molecule has 1 amide bonds. The maximum Gasteiger partial charge on any atom is 0.244 e. The largest absolute Gasteiger partial charge is 0.492 e. The number of fused-ring (bicyclic) bond motifs is 1. The summed E-state index contributed by atoms with van der Waals surface area (Å²) in [5, 5.41) is 5.11. The highest BCUT2D eigenvalue weighted by Crippen LogP contribution is 2.20. The summed E-state index contributed by atoms with van der Waals surface area (Å²) in [4.78, 5) is 15.7. The molecule has 3 aromatic rings. The molecule has 3 rings (SSSR count). The van der Waals surface area contributed by atoms with Crippen molar-refractivity contribution in [3.05, 3.63) is 78.6 Å². The van der Waals surface area contributed by atoms with Crippen molar-refractivity contribution in [2.45, 2.75) is 0 Å². The van der Waals surface area contributed by atoms with E-state index in [-0.39, 0.29) is 5.91 Å². The van der Waals surface area contributed by atoms with E-state index in [0.717, 1.165) is 16.7 Å². The standard InChI is InChI=1S/C20H18N2O2/c23-20(8-5-16-9-11-21-12-10-16)22-13-14-24-19-7-6-17-3-1-2-4-18(17)15-19/h1-12,15H,13-14H2,(H,22,23)/b8-5+. The van der Waals surface area contributed by atoms with E-state index in [9.17, 15) is 4.79 Å². The van der Waals surface area contributed by atoms with Crippen LogP contribution in [0.2, 0.25) is 0 Å². The fourth-order valence-corrected chi connectivity index (χ4v) is 2.31. The molecule has 0 radical (unpaired) electrons. The molecule has 4 nitrogen and oxygen atoms in total. The highest BCUT2D eigenvalue weighted by Gasteiger charge is 1.98. The molecule has 0 saturated heterocycles. The number of nitrogens with one attached hydrogen (secondary N) is 1. The van der Waals surface area contributed by atoms with E-state index >= 15 is 0 Å². The molecule has 0 aliphatic heterocycles. The van der Waals surface area contributed by atoms with Crippen LogP contribution in [0.15, 0.2) is 73.1 Å². The summed E-state index contributed by atoms with van der Waals surface area (Å²) < 4.78 is 5.68. The van der Waals surface area contributed by atoms with Gasteiger partial charge in [0.25, 0.3) is 0 Å². The summed E-state index contributed by atoms with van der Waals surface area (Å²) in [5.41, 5.74) is 0.938. The summed E-state index contributed by atoms with van der Waals surface area (Å²) in [6.07, 6.45) is 6.64. The smallest absolute Gasteiger partial charge is 0.244 e. The first-order valence-electron chi connectivity index (χ1n) is 7.79. The van der Waals surface area contributed by atoms with Crippen LogP contribution in [0, 0.1) is 0 Å². The van der Waals surface area contributed by atoms with E-state index in [0.29, 0.717) is 13.2 Å². The van der Waals surface area contributed by atoms with Gasteiger partial charge in [-0.05, 0) is 46.7 Å². The Hall–Kier alpha value is -3.14. The number of carbonyl (C=O) groups is 1. The Bertz CT molecular complexity index is 844. The van der Waals surface area contributed by atoms with E-state index in [2.05, 4.69) is 16.4 Å². The molecule has 0 fully saturated rings. The molecule has 0 unspecified atom stereocenters. The monoisotopic (exact) mass is 318 g/mol. The Balaban J connectivity index is 1.44. The molecule has 1 aromatic heterocycles. The number of amides is 1. The molecule has 0 saturated carbocycles. The molecule has 1 heterocycles. The van der Waals surface area contributed by atoms with Crippen molar-refractivity contribution in [2.75, 3.05) is 13.2 Å². The first-order chi connectivity index (χ1) is 11.8. The van der Waals surface area contributed by atoms with Crippen LogP contribution >= 0.6 is 0 Å². The number of aromatic nitrogens is 1. The lowest BCUT2D eigenvalue weighted by molar-refractivity contribution is -0.116. The normalized spacial score (nSPS) is 10.8. The lowest BCUT2D eigenvalue weighted by atomic mass is 10.1. The molecular formula is C20H18N2O2. The predicted octanol–water partition coefficient (Wildman–Crippen LogP) is 3.44. The summed E-state index contributed by atoms with van der Waals surface area (Å²) in [6, 6.07) is 17.8.